The van der Waals surface area contributed by atoms with Gasteiger partial charge in [-0.1, -0.05) is 49.1 Å². The number of carbonyl (C=O) groups excluding carboxylic acids is 1. The summed E-state index contributed by atoms with van der Waals surface area (Å²) in [5.74, 6) is 0.677. The molecule has 0 aromatic heterocycles. The Morgan fingerprint density at radius 1 is 1.33 bits per heavy atom. The average molecular weight is 310 g/mol. The zero-order valence-corrected chi connectivity index (χ0v) is 13.4. The summed E-state index contributed by atoms with van der Waals surface area (Å²) < 4.78 is 5.46. The van der Waals surface area contributed by atoms with Crippen LogP contribution in [0.4, 0.5) is 0 Å². The monoisotopic (exact) mass is 309 g/mol. The van der Waals surface area contributed by atoms with Crippen LogP contribution in [0.3, 0.4) is 0 Å². The first-order valence-corrected chi connectivity index (χ1v) is 8.12. The van der Waals surface area contributed by atoms with Crippen LogP contribution in [-0.4, -0.2) is 19.6 Å². The highest BCUT2D eigenvalue weighted by Gasteiger charge is 2.19. The smallest absolute Gasteiger partial charge is 0.220 e. The van der Waals surface area contributed by atoms with Crippen molar-refractivity contribution in [2.24, 2.45) is 5.92 Å². The minimum absolute atomic E-state index is 0.121. The zero-order chi connectivity index (χ0) is 15.1. The van der Waals surface area contributed by atoms with Gasteiger partial charge in [-0.2, -0.15) is 0 Å². The summed E-state index contributed by atoms with van der Waals surface area (Å²) in [5, 5.41) is 3.66. The highest BCUT2D eigenvalue weighted by molar-refractivity contribution is 6.31. The van der Waals surface area contributed by atoms with Gasteiger partial charge in [-0.3, -0.25) is 4.79 Å². The van der Waals surface area contributed by atoms with Crippen molar-refractivity contribution in [2.45, 2.75) is 44.6 Å². The van der Waals surface area contributed by atoms with Crippen molar-refractivity contribution in [1.29, 1.82) is 0 Å². The van der Waals surface area contributed by atoms with Gasteiger partial charge in [0.25, 0.3) is 0 Å². The summed E-state index contributed by atoms with van der Waals surface area (Å²) >= 11 is 6.18. The third-order valence-electron chi connectivity index (χ3n) is 4.22. The largest absolute Gasteiger partial charge is 0.375 e. The van der Waals surface area contributed by atoms with E-state index in [1.165, 1.54) is 32.1 Å². The van der Waals surface area contributed by atoms with E-state index in [9.17, 15) is 4.79 Å². The minimum Gasteiger partial charge on any atom is -0.375 e. The Morgan fingerprint density at radius 3 is 2.71 bits per heavy atom. The van der Waals surface area contributed by atoms with Crippen LogP contribution < -0.4 is 5.32 Å². The van der Waals surface area contributed by atoms with E-state index in [4.69, 9.17) is 16.3 Å². The molecule has 0 bridgehead atoms. The summed E-state index contributed by atoms with van der Waals surface area (Å²) in [6.07, 6.45) is 6.65. The Hall–Kier alpha value is -1.06. The maximum absolute atomic E-state index is 12.0. The first-order chi connectivity index (χ1) is 10.2. The lowest BCUT2D eigenvalue weighted by Crippen LogP contribution is -2.31. The van der Waals surface area contributed by atoms with Crippen molar-refractivity contribution in [3.8, 4) is 0 Å². The number of methoxy groups -OCH3 is 1. The lowest BCUT2D eigenvalue weighted by Gasteiger charge is -2.22. The normalized spacial score (nSPS) is 17.4. The SMILES string of the molecule is COC(CNC(=O)CC1CCCCC1)c1ccccc1Cl. The molecule has 1 aliphatic rings. The van der Waals surface area contributed by atoms with Gasteiger partial charge in [-0.05, 0) is 24.8 Å². The maximum Gasteiger partial charge on any atom is 0.220 e. The van der Waals surface area contributed by atoms with Crippen molar-refractivity contribution >= 4 is 17.5 Å². The van der Waals surface area contributed by atoms with Crippen molar-refractivity contribution in [2.75, 3.05) is 13.7 Å². The molecule has 1 amide bonds. The molecule has 1 atom stereocenters. The number of rotatable bonds is 6. The van der Waals surface area contributed by atoms with Crippen molar-refractivity contribution in [3.63, 3.8) is 0 Å². The summed E-state index contributed by atoms with van der Waals surface area (Å²) in [6, 6.07) is 7.59. The van der Waals surface area contributed by atoms with Gasteiger partial charge in [0, 0.05) is 30.7 Å². The molecule has 1 unspecified atom stereocenters. The number of carbonyl (C=O) groups is 1. The first-order valence-electron chi connectivity index (χ1n) is 7.74. The van der Waals surface area contributed by atoms with Crippen LogP contribution in [0.1, 0.15) is 50.2 Å². The molecule has 21 heavy (non-hydrogen) atoms. The fourth-order valence-electron chi connectivity index (χ4n) is 2.99. The Kier molecular flexibility index (Phi) is 6.52. The van der Waals surface area contributed by atoms with Gasteiger partial charge in [0.15, 0.2) is 0 Å². The molecular formula is C17H24ClNO2. The van der Waals surface area contributed by atoms with E-state index in [1.807, 2.05) is 24.3 Å². The second-order valence-corrected chi connectivity index (χ2v) is 6.17. The summed E-state index contributed by atoms with van der Waals surface area (Å²) in [5.41, 5.74) is 0.916. The van der Waals surface area contributed by atoms with E-state index in [-0.39, 0.29) is 12.0 Å². The molecule has 116 valence electrons. The van der Waals surface area contributed by atoms with Crippen LogP contribution in [0, 0.1) is 5.92 Å². The molecule has 1 N–H and O–H groups in total. The van der Waals surface area contributed by atoms with Crippen LogP contribution in [0.15, 0.2) is 24.3 Å². The third kappa shape index (κ3) is 5.01. The van der Waals surface area contributed by atoms with Crippen molar-refractivity contribution < 1.29 is 9.53 Å². The van der Waals surface area contributed by atoms with Gasteiger partial charge in [0.2, 0.25) is 5.91 Å². The molecule has 0 aliphatic heterocycles. The van der Waals surface area contributed by atoms with Gasteiger partial charge < -0.3 is 10.1 Å². The van der Waals surface area contributed by atoms with Crippen LogP contribution in [0.2, 0.25) is 5.02 Å². The Labute approximate surface area is 132 Å². The molecule has 0 saturated heterocycles. The molecule has 2 rings (SSSR count). The maximum atomic E-state index is 12.0. The fourth-order valence-corrected chi connectivity index (χ4v) is 3.25. The molecular weight excluding hydrogens is 286 g/mol. The standard InChI is InChI=1S/C17H24ClNO2/c1-21-16(14-9-5-6-10-15(14)18)12-19-17(20)11-13-7-3-2-4-8-13/h5-6,9-10,13,16H,2-4,7-8,11-12H2,1H3,(H,19,20). The van der Waals surface area contributed by atoms with Crippen LogP contribution in [-0.2, 0) is 9.53 Å². The molecule has 1 fully saturated rings. The van der Waals surface area contributed by atoms with Gasteiger partial charge in [-0.25, -0.2) is 0 Å². The molecule has 3 nitrogen and oxygen atoms in total. The molecule has 1 aromatic rings. The number of hydrogen-bond donors (Lipinski definition) is 1. The predicted molar refractivity (Wildman–Crippen MR) is 85.4 cm³/mol. The van der Waals surface area contributed by atoms with Crippen LogP contribution in [0.25, 0.3) is 0 Å². The number of halogens is 1. The second-order valence-electron chi connectivity index (χ2n) is 5.76. The summed E-state index contributed by atoms with van der Waals surface area (Å²) in [4.78, 5) is 12.0. The van der Waals surface area contributed by atoms with E-state index in [2.05, 4.69) is 5.32 Å². The Balaban J connectivity index is 1.82. The van der Waals surface area contributed by atoms with Crippen molar-refractivity contribution in [1.82, 2.24) is 5.32 Å². The third-order valence-corrected chi connectivity index (χ3v) is 4.56. The number of hydrogen-bond acceptors (Lipinski definition) is 2. The Morgan fingerprint density at radius 2 is 2.05 bits per heavy atom. The van der Waals surface area contributed by atoms with E-state index >= 15 is 0 Å². The number of ether oxygens (including phenoxy) is 1. The van der Waals surface area contributed by atoms with E-state index < -0.39 is 0 Å². The zero-order valence-electron chi connectivity index (χ0n) is 12.6. The van der Waals surface area contributed by atoms with Gasteiger partial charge in [0.1, 0.15) is 6.10 Å². The van der Waals surface area contributed by atoms with Crippen LogP contribution in [0.5, 0.6) is 0 Å². The van der Waals surface area contributed by atoms with E-state index in [0.29, 0.717) is 23.9 Å². The molecule has 0 heterocycles. The molecule has 1 saturated carbocycles. The first kappa shape index (κ1) is 16.3. The molecule has 1 aliphatic carbocycles. The van der Waals surface area contributed by atoms with E-state index in [0.717, 1.165) is 5.56 Å². The van der Waals surface area contributed by atoms with Gasteiger partial charge in [-0.15, -0.1) is 0 Å². The number of nitrogens with one attached hydrogen (secondary N) is 1. The van der Waals surface area contributed by atoms with E-state index in [1.54, 1.807) is 7.11 Å². The number of benzene rings is 1. The molecule has 1 aromatic carbocycles. The average Bonchev–Trinajstić information content (AvgIpc) is 2.50. The van der Waals surface area contributed by atoms with Crippen LogP contribution >= 0.6 is 11.6 Å². The fraction of sp³-hybridized carbons (Fsp3) is 0.588. The lowest BCUT2D eigenvalue weighted by molar-refractivity contribution is -0.122. The second kappa shape index (κ2) is 8.40. The molecule has 4 heteroatoms. The highest BCUT2D eigenvalue weighted by atomic mass is 35.5. The molecule has 0 spiro atoms. The molecule has 0 radical (unpaired) electrons. The summed E-state index contributed by atoms with van der Waals surface area (Å²) in [7, 11) is 1.64. The van der Waals surface area contributed by atoms with Crippen molar-refractivity contribution in [3.05, 3.63) is 34.9 Å². The quantitative estimate of drug-likeness (QED) is 0.858. The van der Waals surface area contributed by atoms with Gasteiger partial charge >= 0.3 is 0 Å². The lowest BCUT2D eigenvalue weighted by atomic mass is 9.87. The highest BCUT2D eigenvalue weighted by Crippen LogP contribution is 2.27. The predicted octanol–water partition coefficient (Wildman–Crippen LogP) is 4.11. The van der Waals surface area contributed by atoms with Gasteiger partial charge in [0.05, 0.1) is 0 Å². The topological polar surface area (TPSA) is 38.3 Å². The Bertz CT molecular complexity index is 458. The summed E-state index contributed by atoms with van der Waals surface area (Å²) in [6.45, 7) is 0.464. The number of amides is 1. The minimum atomic E-state index is -0.200.